The van der Waals surface area contributed by atoms with Crippen molar-refractivity contribution in [2.75, 3.05) is 19.6 Å². The lowest BCUT2D eigenvalue weighted by atomic mass is 9.79. The molecular formula is C20H27N3O2. The number of carbonyl (C=O) groups is 2. The van der Waals surface area contributed by atoms with Crippen LogP contribution in [-0.4, -0.2) is 46.2 Å². The highest BCUT2D eigenvalue weighted by atomic mass is 16.2. The number of aromatic nitrogens is 1. The van der Waals surface area contributed by atoms with E-state index >= 15 is 0 Å². The molecule has 0 N–H and O–H groups in total. The number of likely N-dealkylation sites (tertiary alicyclic amines) is 2. The second kappa shape index (κ2) is 7.38. The quantitative estimate of drug-likeness (QED) is 0.795. The fourth-order valence-corrected chi connectivity index (χ4v) is 3.97. The molecule has 2 aliphatic rings. The van der Waals surface area contributed by atoms with E-state index in [0.29, 0.717) is 13.1 Å². The standard InChI is InChI=1S/C20H27N3O2/c1-16(2)14-18(24)22-11-3-6-20(7-12-22)8-13-23(19(20)25)15-17-4-9-21-10-5-17/h4-5,9-10,14H,3,6-8,11-13,15H2,1-2H3. The normalized spacial score (nSPS) is 23.7. The predicted octanol–water partition coefficient (Wildman–Crippen LogP) is 2.78. The minimum absolute atomic E-state index is 0.0798. The Morgan fingerprint density at radius 2 is 1.88 bits per heavy atom. The summed E-state index contributed by atoms with van der Waals surface area (Å²) in [5.74, 6) is 0.344. The van der Waals surface area contributed by atoms with Gasteiger partial charge < -0.3 is 9.80 Å². The van der Waals surface area contributed by atoms with Crippen LogP contribution in [-0.2, 0) is 16.1 Å². The van der Waals surface area contributed by atoms with Gasteiger partial charge in [-0.1, -0.05) is 5.57 Å². The van der Waals surface area contributed by atoms with Crippen molar-refractivity contribution in [3.63, 3.8) is 0 Å². The van der Waals surface area contributed by atoms with Crippen LogP contribution in [0.25, 0.3) is 0 Å². The number of rotatable bonds is 3. The highest BCUT2D eigenvalue weighted by Gasteiger charge is 2.46. The van der Waals surface area contributed by atoms with Crippen molar-refractivity contribution < 1.29 is 9.59 Å². The van der Waals surface area contributed by atoms with Gasteiger partial charge >= 0.3 is 0 Å². The van der Waals surface area contributed by atoms with Crippen molar-refractivity contribution in [2.24, 2.45) is 5.41 Å². The van der Waals surface area contributed by atoms with Gasteiger partial charge in [0.2, 0.25) is 11.8 Å². The molecule has 1 atom stereocenters. The van der Waals surface area contributed by atoms with E-state index in [1.807, 2.05) is 35.8 Å². The predicted molar refractivity (Wildman–Crippen MR) is 96.6 cm³/mol. The van der Waals surface area contributed by atoms with Crippen LogP contribution in [0.4, 0.5) is 0 Å². The minimum atomic E-state index is -0.271. The number of pyridine rings is 1. The number of nitrogens with zero attached hydrogens (tertiary/aromatic N) is 3. The Bertz CT molecular complexity index is 667. The SMILES string of the molecule is CC(C)=CC(=O)N1CCCC2(CC1)CCN(Cc1ccncc1)C2=O. The molecule has 0 bridgehead atoms. The van der Waals surface area contributed by atoms with Gasteiger partial charge in [0.15, 0.2) is 0 Å². The minimum Gasteiger partial charge on any atom is -0.339 e. The molecule has 0 radical (unpaired) electrons. The van der Waals surface area contributed by atoms with Crippen molar-refractivity contribution in [3.05, 3.63) is 41.7 Å². The lowest BCUT2D eigenvalue weighted by Crippen LogP contribution is -2.36. The maximum atomic E-state index is 13.1. The smallest absolute Gasteiger partial charge is 0.246 e. The van der Waals surface area contributed by atoms with Crippen LogP contribution < -0.4 is 0 Å². The molecule has 134 valence electrons. The number of allylic oxidation sites excluding steroid dienone is 1. The molecule has 1 spiro atoms. The zero-order chi connectivity index (χ0) is 17.9. The summed E-state index contributed by atoms with van der Waals surface area (Å²) in [5, 5.41) is 0. The van der Waals surface area contributed by atoms with Gasteiger partial charge in [0.05, 0.1) is 5.41 Å². The van der Waals surface area contributed by atoms with Gasteiger partial charge in [-0.25, -0.2) is 0 Å². The van der Waals surface area contributed by atoms with Crippen molar-refractivity contribution in [3.8, 4) is 0 Å². The fraction of sp³-hybridized carbons (Fsp3) is 0.550. The Morgan fingerprint density at radius 1 is 1.16 bits per heavy atom. The molecule has 3 rings (SSSR count). The molecular weight excluding hydrogens is 314 g/mol. The molecule has 2 saturated heterocycles. The van der Waals surface area contributed by atoms with Gasteiger partial charge in [-0.3, -0.25) is 14.6 Å². The summed E-state index contributed by atoms with van der Waals surface area (Å²) in [6.45, 7) is 6.77. The molecule has 2 aliphatic heterocycles. The van der Waals surface area contributed by atoms with Crippen LogP contribution in [0.5, 0.6) is 0 Å². The van der Waals surface area contributed by atoms with Crippen LogP contribution in [0.1, 0.15) is 45.1 Å². The van der Waals surface area contributed by atoms with E-state index in [4.69, 9.17) is 0 Å². The zero-order valence-corrected chi connectivity index (χ0v) is 15.2. The molecule has 5 nitrogen and oxygen atoms in total. The van der Waals surface area contributed by atoms with Crippen molar-refractivity contribution in [1.82, 2.24) is 14.8 Å². The van der Waals surface area contributed by atoms with Gasteiger partial charge in [0, 0.05) is 44.6 Å². The van der Waals surface area contributed by atoms with Crippen molar-refractivity contribution in [2.45, 2.75) is 46.1 Å². The molecule has 2 amide bonds. The molecule has 0 saturated carbocycles. The molecule has 0 aromatic carbocycles. The van der Waals surface area contributed by atoms with E-state index in [2.05, 4.69) is 4.98 Å². The largest absolute Gasteiger partial charge is 0.339 e. The first-order valence-electron chi connectivity index (χ1n) is 9.12. The van der Waals surface area contributed by atoms with E-state index in [-0.39, 0.29) is 17.2 Å². The molecule has 25 heavy (non-hydrogen) atoms. The van der Waals surface area contributed by atoms with Gasteiger partial charge in [-0.15, -0.1) is 0 Å². The van der Waals surface area contributed by atoms with Gasteiger partial charge in [-0.2, -0.15) is 0 Å². The highest BCUT2D eigenvalue weighted by Crippen LogP contribution is 2.42. The van der Waals surface area contributed by atoms with Crippen LogP contribution in [0.2, 0.25) is 0 Å². The average molecular weight is 341 g/mol. The van der Waals surface area contributed by atoms with Crippen LogP contribution in [0.3, 0.4) is 0 Å². The Morgan fingerprint density at radius 3 is 2.60 bits per heavy atom. The first-order valence-corrected chi connectivity index (χ1v) is 9.12. The first-order chi connectivity index (χ1) is 12.0. The molecule has 1 aromatic heterocycles. The Labute approximate surface area is 149 Å². The van der Waals surface area contributed by atoms with E-state index in [1.165, 1.54) is 0 Å². The average Bonchev–Trinajstić information content (AvgIpc) is 2.76. The molecule has 5 heteroatoms. The van der Waals surface area contributed by atoms with Crippen molar-refractivity contribution in [1.29, 1.82) is 0 Å². The van der Waals surface area contributed by atoms with Crippen molar-refractivity contribution >= 4 is 11.8 Å². The number of hydrogen-bond donors (Lipinski definition) is 0. The maximum absolute atomic E-state index is 13.1. The van der Waals surface area contributed by atoms with E-state index in [0.717, 1.165) is 49.9 Å². The lowest BCUT2D eigenvalue weighted by Gasteiger charge is -2.26. The summed E-state index contributed by atoms with van der Waals surface area (Å²) >= 11 is 0. The Balaban J connectivity index is 1.66. The third kappa shape index (κ3) is 3.91. The van der Waals surface area contributed by atoms with Crippen LogP contribution in [0.15, 0.2) is 36.2 Å². The molecule has 0 aliphatic carbocycles. The van der Waals surface area contributed by atoms with Crippen LogP contribution in [0, 0.1) is 5.41 Å². The van der Waals surface area contributed by atoms with E-state index in [9.17, 15) is 9.59 Å². The zero-order valence-electron chi connectivity index (χ0n) is 15.2. The van der Waals surface area contributed by atoms with Gasteiger partial charge in [0.25, 0.3) is 0 Å². The summed E-state index contributed by atoms with van der Waals surface area (Å²) in [6, 6.07) is 3.93. The number of amides is 2. The highest BCUT2D eigenvalue weighted by molar-refractivity contribution is 5.88. The third-order valence-electron chi connectivity index (χ3n) is 5.39. The Kier molecular flexibility index (Phi) is 5.21. The molecule has 1 aromatic rings. The molecule has 1 unspecified atom stereocenters. The topological polar surface area (TPSA) is 53.5 Å². The second-order valence-corrected chi connectivity index (χ2v) is 7.51. The van der Waals surface area contributed by atoms with E-state index < -0.39 is 0 Å². The summed E-state index contributed by atoms with van der Waals surface area (Å²) in [4.78, 5) is 33.3. The first kappa shape index (κ1) is 17.6. The van der Waals surface area contributed by atoms with E-state index in [1.54, 1.807) is 18.5 Å². The summed E-state index contributed by atoms with van der Waals surface area (Å²) < 4.78 is 0. The molecule has 3 heterocycles. The third-order valence-corrected chi connectivity index (χ3v) is 5.39. The van der Waals surface area contributed by atoms with Gasteiger partial charge in [-0.05, 0) is 57.2 Å². The monoisotopic (exact) mass is 341 g/mol. The lowest BCUT2D eigenvalue weighted by molar-refractivity contribution is -0.137. The van der Waals surface area contributed by atoms with Gasteiger partial charge in [0.1, 0.15) is 0 Å². The maximum Gasteiger partial charge on any atom is 0.246 e. The second-order valence-electron chi connectivity index (χ2n) is 7.51. The Hall–Kier alpha value is -2.17. The number of carbonyl (C=O) groups excluding carboxylic acids is 2. The number of hydrogen-bond acceptors (Lipinski definition) is 3. The summed E-state index contributed by atoms with van der Waals surface area (Å²) in [7, 11) is 0. The summed E-state index contributed by atoms with van der Waals surface area (Å²) in [5.41, 5.74) is 1.87. The fourth-order valence-electron chi connectivity index (χ4n) is 3.97. The van der Waals surface area contributed by atoms with Crippen LogP contribution >= 0.6 is 0 Å². The molecule has 2 fully saturated rings. The summed E-state index contributed by atoms with van der Waals surface area (Å²) in [6.07, 6.45) is 8.70.